The van der Waals surface area contributed by atoms with Crippen LogP contribution in [0.5, 0.6) is 0 Å². The quantitative estimate of drug-likeness (QED) is 0.142. The van der Waals surface area contributed by atoms with Crippen LogP contribution in [0.1, 0.15) is 59.2 Å². The fourth-order valence-electron chi connectivity index (χ4n) is 6.27. The number of anilines is 1. The lowest BCUT2D eigenvalue weighted by atomic mass is 10.0. The zero-order valence-electron chi connectivity index (χ0n) is 26.0. The van der Waals surface area contributed by atoms with Gasteiger partial charge >= 0.3 is 6.09 Å². The normalized spacial score (nSPS) is 15.8. The van der Waals surface area contributed by atoms with E-state index in [2.05, 4.69) is 24.3 Å². The van der Waals surface area contributed by atoms with Crippen LogP contribution in [0.25, 0.3) is 11.1 Å². The minimum Gasteiger partial charge on any atom is -0.446 e. The van der Waals surface area contributed by atoms with Crippen molar-refractivity contribution in [2.45, 2.75) is 44.6 Å². The standard InChI is InChI=1S/C36H44N4O4/c1-40(2,26-12-4-11-23-39-34(41)31-17-7-8-18-32(31)35(39)42)27-13-22-38-24-20-29(21-25-38)44-36(43)37-33-19-10-9-16-30(33)28-14-5-3-6-15-28/h3,5-10,14-19,29H,4,11-13,20-27H2,1-2H3/p+1. The molecule has 2 heterocycles. The van der Waals surface area contributed by atoms with Crippen molar-refractivity contribution in [3.8, 4) is 11.1 Å². The third-order valence-corrected chi connectivity index (χ3v) is 8.82. The van der Waals surface area contributed by atoms with Gasteiger partial charge in [0.15, 0.2) is 0 Å². The number of rotatable bonds is 13. The molecule has 0 aliphatic carbocycles. The Morgan fingerprint density at radius 1 is 0.750 bits per heavy atom. The predicted molar refractivity (Wildman–Crippen MR) is 174 cm³/mol. The highest BCUT2D eigenvalue weighted by Gasteiger charge is 2.34. The SMILES string of the molecule is C[N+](C)(CCCCCN1C(=O)c2ccccc2C1=O)CCCN1CCC(OC(=O)Nc2ccccc2-c2ccccc2)CC1. The number of nitrogens with one attached hydrogen (secondary N) is 1. The fraction of sp³-hybridized carbons (Fsp3) is 0.417. The number of unbranched alkanes of at least 4 members (excludes halogenated alkanes) is 2. The van der Waals surface area contributed by atoms with E-state index in [1.165, 1.54) is 4.90 Å². The number of carbonyl (C=O) groups excluding carboxylic acids is 3. The molecule has 0 atom stereocenters. The molecule has 2 aliphatic rings. The molecular formula is C36H45N4O4+. The lowest BCUT2D eigenvalue weighted by molar-refractivity contribution is -0.890. The summed E-state index contributed by atoms with van der Waals surface area (Å²) in [5, 5.41) is 2.96. The van der Waals surface area contributed by atoms with Crippen LogP contribution in [0, 0.1) is 0 Å². The molecule has 3 aromatic rings. The number of hydrogen-bond donors (Lipinski definition) is 1. The van der Waals surface area contributed by atoms with Crippen LogP contribution in [-0.2, 0) is 4.74 Å². The topological polar surface area (TPSA) is 79.0 Å². The fourth-order valence-corrected chi connectivity index (χ4v) is 6.27. The molecule has 0 radical (unpaired) electrons. The Kier molecular flexibility index (Phi) is 10.5. The molecule has 0 spiro atoms. The number of imide groups is 1. The van der Waals surface area contributed by atoms with E-state index < -0.39 is 6.09 Å². The summed E-state index contributed by atoms with van der Waals surface area (Å²) in [6.45, 7) is 5.57. The third-order valence-electron chi connectivity index (χ3n) is 8.82. The van der Waals surface area contributed by atoms with E-state index in [4.69, 9.17) is 4.74 Å². The van der Waals surface area contributed by atoms with Crippen molar-refractivity contribution in [2.75, 3.05) is 58.7 Å². The highest BCUT2D eigenvalue weighted by atomic mass is 16.6. The number of fused-ring (bicyclic) bond motifs is 1. The maximum Gasteiger partial charge on any atom is 0.411 e. The minimum absolute atomic E-state index is 0.0670. The Hall–Kier alpha value is -4.01. The molecule has 0 aromatic heterocycles. The van der Waals surface area contributed by atoms with Crippen molar-refractivity contribution in [3.63, 3.8) is 0 Å². The van der Waals surface area contributed by atoms with E-state index >= 15 is 0 Å². The van der Waals surface area contributed by atoms with Crippen LogP contribution < -0.4 is 5.32 Å². The molecule has 2 aliphatic heterocycles. The second-order valence-electron chi connectivity index (χ2n) is 12.6. The van der Waals surface area contributed by atoms with Crippen molar-refractivity contribution in [3.05, 3.63) is 90.0 Å². The smallest absolute Gasteiger partial charge is 0.411 e. The molecule has 0 saturated carbocycles. The number of hydrogen-bond acceptors (Lipinski definition) is 5. The Bertz CT molecular complexity index is 1400. The van der Waals surface area contributed by atoms with Gasteiger partial charge in [0.1, 0.15) is 6.10 Å². The summed E-state index contributed by atoms with van der Waals surface area (Å²) in [4.78, 5) is 41.7. The average Bonchev–Trinajstić information content (AvgIpc) is 3.27. The third kappa shape index (κ3) is 8.12. The van der Waals surface area contributed by atoms with Crippen LogP contribution in [-0.4, -0.2) is 91.7 Å². The second-order valence-corrected chi connectivity index (χ2v) is 12.6. The molecule has 5 rings (SSSR count). The van der Waals surface area contributed by atoms with Gasteiger partial charge in [0, 0.05) is 38.2 Å². The summed E-state index contributed by atoms with van der Waals surface area (Å²) < 4.78 is 6.75. The number of likely N-dealkylation sites (tertiary alicyclic amines) is 1. The van der Waals surface area contributed by atoms with Gasteiger partial charge in [-0.15, -0.1) is 0 Å². The zero-order valence-corrected chi connectivity index (χ0v) is 26.0. The molecule has 1 saturated heterocycles. The van der Waals surface area contributed by atoms with Crippen LogP contribution in [0.4, 0.5) is 10.5 Å². The highest BCUT2D eigenvalue weighted by molar-refractivity contribution is 6.21. The summed E-state index contributed by atoms with van der Waals surface area (Å²) in [5.74, 6) is -0.324. The zero-order chi connectivity index (χ0) is 30.9. The first-order valence-electron chi connectivity index (χ1n) is 15.9. The van der Waals surface area contributed by atoms with E-state index in [0.29, 0.717) is 17.7 Å². The lowest BCUT2D eigenvalue weighted by Gasteiger charge is -2.34. The first-order chi connectivity index (χ1) is 21.3. The van der Waals surface area contributed by atoms with Crippen molar-refractivity contribution >= 4 is 23.6 Å². The van der Waals surface area contributed by atoms with Gasteiger partial charge in [-0.2, -0.15) is 0 Å². The summed E-state index contributed by atoms with van der Waals surface area (Å²) in [7, 11) is 4.55. The van der Waals surface area contributed by atoms with E-state index in [1.54, 1.807) is 24.3 Å². The number of benzene rings is 3. The van der Waals surface area contributed by atoms with E-state index in [1.807, 2.05) is 54.6 Å². The van der Waals surface area contributed by atoms with Crippen LogP contribution >= 0.6 is 0 Å². The monoisotopic (exact) mass is 597 g/mol. The molecular weight excluding hydrogens is 552 g/mol. The summed E-state index contributed by atoms with van der Waals surface area (Å²) in [5.41, 5.74) is 3.83. The van der Waals surface area contributed by atoms with Gasteiger partial charge in [-0.1, -0.05) is 60.7 Å². The van der Waals surface area contributed by atoms with Gasteiger partial charge < -0.3 is 14.1 Å². The van der Waals surface area contributed by atoms with E-state index in [0.717, 1.165) is 92.5 Å². The molecule has 3 amide bonds. The number of nitrogens with zero attached hydrogens (tertiary/aromatic N) is 3. The number of para-hydroxylation sites is 1. The Labute approximate surface area is 261 Å². The molecule has 8 heteroatoms. The van der Waals surface area contributed by atoms with Crippen LogP contribution in [0.2, 0.25) is 0 Å². The van der Waals surface area contributed by atoms with Gasteiger partial charge in [-0.25, -0.2) is 4.79 Å². The number of ether oxygens (including phenoxy) is 1. The second kappa shape index (κ2) is 14.6. The van der Waals surface area contributed by atoms with Crippen LogP contribution in [0.3, 0.4) is 0 Å². The highest BCUT2D eigenvalue weighted by Crippen LogP contribution is 2.28. The molecule has 0 unspecified atom stereocenters. The van der Waals surface area contributed by atoms with Crippen molar-refractivity contribution in [1.29, 1.82) is 0 Å². The number of carbonyl (C=O) groups is 3. The van der Waals surface area contributed by atoms with Gasteiger partial charge in [0.2, 0.25) is 0 Å². The average molecular weight is 598 g/mol. The Morgan fingerprint density at radius 3 is 2.02 bits per heavy atom. The molecule has 0 bridgehead atoms. The van der Waals surface area contributed by atoms with Gasteiger partial charge in [-0.3, -0.25) is 19.8 Å². The largest absolute Gasteiger partial charge is 0.446 e. The van der Waals surface area contributed by atoms with Gasteiger partial charge in [0.05, 0.1) is 44.0 Å². The molecule has 3 aromatic carbocycles. The van der Waals surface area contributed by atoms with Crippen molar-refractivity contribution in [1.82, 2.24) is 9.80 Å². The lowest BCUT2D eigenvalue weighted by Crippen LogP contribution is -2.44. The summed E-state index contributed by atoms with van der Waals surface area (Å²) >= 11 is 0. The molecule has 8 nitrogen and oxygen atoms in total. The van der Waals surface area contributed by atoms with Gasteiger partial charge in [0.25, 0.3) is 11.8 Å². The molecule has 1 N–H and O–H groups in total. The number of piperidine rings is 1. The van der Waals surface area contributed by atoms with Crippen molar-refractivity contribution < 1.29 is 23.6 Å². The first-order valence-corrected chi connectivity index (χ1v) is 15.9. The van der Waals surface area contributed by atoms with Gasteiger partial charge in [-0.05, 0) is 55.9 Å². The number of quaternary nitrogens is 1. The molecule has 232 valence electrons. The van der Waals surface area contributed by atoms with Crippen LogP contribution in [0.15, 0.2) is 78.9 Å². The molecule has 44 heavy (non-hydrogen) atoms. The van der Waals surface area contributed by atoms with Crippen molar-refractivity contribution in [2.24, 2.45) is 0 Å². The summed E-state index contributed by atoms with van der Waals surface area (Å²) in [6.07, 6.45) is 5.24. The number of amides is 3. The Morgan fingerprint density at radius 2 is 1.34 bits per heavy atom. The predicted octanol–water partition coefficient (Wildman–Crippen LogP) is 6.30. The van der Waals surface area contributed by atoms with E-state index in [9.17, 15) is 14.4 Å². The maximum atomic E-state index is 12.7. The minimum atomic E-state index is -0.394. The summed E-state index contributed by atoms with van der Waals surface area (Å²) in [6, 6.07) is 24.9. The maximum absolute atomic E-state index is 12.7. The first kappa shape index (κ1) is 31.4. The molecule has 1 fully saturated rings. The Balaban J connectivity index is 0.946. The van der Waals surface area contributed by atoms with E-state index in [-0.39, 0.29) is 17.9 Å².